The molecule has 0 fully saturated rings. The molecule has 0 heterocycles. The van der Waals surface area contributed by atoms with Gasteiger partial charge in [0.2, 0.25) is 5.91 Å². The first-order chi connectivity index (χ1) is 15.6. The fourth-order valence-corrected chi connectivity index (χ4v) is 3.43. The van der Waals surface area contributed by atoms with E-state index in [2.05, 4.69) is 5.32 Å². The fourth-order valence-electron chi connectivity index (χ4n) is 3.43. The smallest absolute Gasteiger partial charge is 0.332 e. The largest absolute Gasteiger partial charge is 0.480 e. The summed E-state index contributed by atoms with van der Waals surface area (Å²) < 4.78 is 0. The molecule has 1 amide bonds. The molecule has 9 N–H and O–H groups in total. The first kappa shape index (κ1) is 25.4. The monoisotopic (exact) mass is 453 g/mol. The number of hydrogen-bond donors (Lipinski definition) is 6. The first-order valence-corrected chi connectivity index (χ1v) is 10.1. The molecule has 0 radical (unpaired) electrons. The highest BCUT2D eigenvalue weighted by atomic mass is 16.4. The van der Waals surface area contributed by atoms with Crippen LogP contribution in [0.15, 0.2) is 54.6 Å². The van der Waals surface area contributed by atoms with Crippen LogP contribution in [0.4, 0.5) is 0 Å². The average Bonchev–Trinajstić information content (AvgIpc) is 2.81. The SMILES string of the molecule is N=C(N)c1ccc(C(CC(=O)NCc2ccccc2)C(N)(C(=O)O)C(=O)C(N)CC=O)cc1. The van der Waals surface area contributed by atoms with Crippen LogP contribution >= 0.6 is 0 Å². The summed E-state index contributed by atoms with van der Waals surface area (Å²) in [6.07, 6.45) is -0.454. The van der Waals surface area contributed by atoms with Crippen LogP contribution < -0.4 is 22.5 Å². The van der Waals surface area contributed by atoms with Crippen LogP contribution in [0.1, 0.15) is 35.4 Å². The van der Waals surface area contributed by atoms with Gasteiger partial charge in [0.05, 0.1) is 6.04 Å². The van der Waals surface area contributed by atoms with E-state index in [0.29, 0.717) is 11.8 Å². The molecule has 3 unspecified atom stereocenters. The molecule has 2 aromatic carbocycles. The van der Waals surface area contributed by atoms with E-state index in [1.165, 1.54) is 24.3 Å². The number of nitrogen functional groups attached to an aromatic ring is 1. The van der Waals surface area contributed by atoms with Gasteiger partial charge in [-0.2, -0.15) is 0 Å². The molecule has 0 spiro atoms. The number of aliphatic carboxylic acids is 1. The number of Topliss-reactive ketones (excluding diaryl/α,β-unsaturated/α-hetero) is 1. The molecule has 0 aliphatic rings. The highest BCUT2D eigenvalue weighted by Crippen LogP contribution is 2.32. The van der Waals surface area contributed by atoms with Crippen LogP contribution in [0.25, 0.3) is 0 Å². The maximum absolute atomic E-state index is 13.0. The molecule has 3 atom stereocenters. The van der Waals surface area contributed by atoms with Gasteiger partial charge in [0.25, 0.3) is 0 Å². The van der Waals surface area contributed by atoms with Crippen molar-refractivity contribution >= 4 is 29.8 Å². The third-order valence-corrected chi connectivity index (χ3v) is 5.34. The lowest BCUT2D eigenvalue weighted by molar-refractivity contribution is -0.150. The normalized spacial score (nSPS) is 14.4. The van der Waals surface area contributed by atoms with E-state index in [9.17, 15) is 24.3 Å². The maximum Gasteiger partial charge on any atom is 0.332 e. The molecule has 0 saturated heterocycles. The van der Waals surface area contributed by atoms with E-state index in [-0.39, 0.29) is 17.9 Å². The average molecular weight is 453 g/mol. The van der Waals surface area contributed by atoms with Gasteiger partial charge in [0, 0.05) is 30.9 Å². The molecule has 0 bridgehead atoms. The van der Waals surface area contributed by atoms with Gasteiger partial charge in [0.15, 0.2) is 11.3 Å². The van der Waals surface area contributed by atoms with Crippen LogP contribution in [0.2, 0.25) is 0 Å². The Balaban J connectivity index is 2.42. The van der Waals surface area contributed by atoms with Crippen molar-refractivity contribution < 1.29 is 24.3 Å². The predicted octanol–water partition coefficient (Wildman–Crippen LogP) is 0.0283. The summed E-state index contributed by atoms with van der Waals surface area (Å²) in [6, 6.07) is 13.5. The van der Waals surface area contributed by atoms with Crippen molar-refractivity contribution in [2.75, 3.05) is 0 Å². The number of amidine groups is 1. The third kappa shape index (κ3) is 6.09. The van der Waals surface area contributed by atoms with E-state index in [1.54, 1.807) is 0 Å². The number of nitrogens with one attached hydrogen (secondary N) is 2. The Morgan fingerprint density at radius 1 is 1.09 bits per heavy atom. The lowest BCUT2D eigenvalue weighted by Crippen LogP contribution is -2.64. The van der Waals surface area contributed by atoms with E-state index < -0.39 is 48.0 Å². The van der Waals surface area contributed by atoms with E-state index in [4.69, 9.17) is 22.6 Å². The van der Waals surface area contributed by atoms with Crippen molar-refractivity contribution in [3.05, 3.63) is 71.3 Å². The number of nitrogens with two attached hydrogens (primary N) is 3. The molecule has 33 heavy (non-hydrogen) atoms. The van der Waals surface area contributed by atoms with Gasteiger partial charge >= 0.3 is 5.97 Å². The second-order valence-corrected chi connectivity index (χ2v) is 7.60. The number of amides is 1. The zero-order chi connectivity index (χ0) is 24.6. The summed E-state index contributed by atoms with van der Waals surface area (Å²) in [5.41, 5.74) is 16.2. The Kier molecular flexibility index (Phi) is 8.55. The second-order valence-electron chi connectivity index (χ2n) is 7.60. The quantitative estimate of drug-likeness (QED) is 0.112. The zero-order valence-corrected chi connectivity index (χ0v) is 17.9. The minimum Gasteiger partial charge on any atom is -0.480 e. The van der Waals surface area contributed by atoms with Gasteiger partial charge < -0.3 is 32.4 Å². The van der Waals surface area contributed by atoms with Gasteiger partial charge in [-0.25, -0.2) is 4.79 Å². The lowest BCUT2D eigenvalue weighted by Gasteiger charge is -2.34. The number of hydrogen-bond acceptors (Lipinski definition) is 7. The third-order valence-electron chi connectivity index (χ3n) is 5.34. The minimum absolute atomic E-state index is 0.193. The summed E-state index contributed by atoms with van der Waals surface area (Å²) in [5, 5.41) is 20.1. The Morgan fingerprint density at radius 2 is 1.70 bits per heavy atom. The Morgan fingerprint density at radius 3 is 2.21 bits per heavy atom. The summed E-state index contributed by atoms with van der Waals surface area (Å²) in [5.74, 6) is -4.80. The molecule has 10 nitrogen and oxygen atoms in total. The van der Waals surface area contributed by atoms with Crippen LogP contribution in [0.3, 0.4) is 0 Å². The number of carbonyl (C=O) groups excluding carboxylic acids is 3. The Labute approximate surface area is 190 Å². The van der Waals surface area contributed by atoms with E-state index in [1.807, 2.05) is 30.3 Å². The molecule has 174 valence electrons. The molecule has 2 aromatic rings. The van der Waals surface area contributed by atoms with Crippen LogP contribution in [-0.4, -0.2) is 46.5 Å². The zero-order valence-electron chi connectivity index (χ0n) is 17.9. The van der Waals surface area contributed by atoms with Crippen LogP contribution in [-0.2, 0) is 25.7 Å². The molecule has 0 aromatic heterocycles. The standard InChI is InChI=1S/C23H27N5O5/c24-18(10-11-29)20(31)23(27,22(32)33)17(15-6-8-16(9-7-15)21(25)26)12-19(30)28-13-14-4-2-1-3-5-14/h1-9,11,17-18H,10,12-13,24,27H2,(H3,25,26)(H,28,30)(H,32,33). The Hall–Kier alpha value is -3.89. The Bertz CT molecular complexity index is 1030. The van der Waals surface area contributed by atoms with Gasteiger partial charge in [-0.1, -0.05) is 54.6 Å². The summed E-state index contributed by atoms with van der Waals surface area (Å²) in [6.45, 7) is 0.193. The predicted molar refractivity (Wildman–Crippen MR) is 121 cm³/mol. The topological polar surface area (TPSA) is 202 Å². The number of rotatable bonds is 12. The minimum atomic E-state index is -2.58. The fraction of sp³-hybridized carbons (Fsp3) is 0.261. The molecule has 0 aliphatic heterocycles. The van der Waals surface area contributed by atoms with Gasteiger partial charge in [-0.05, 0) is 11.1 Å². The number of carboxylic acids is 1. The van der Waals surface area contributed by atoms with Gasteiger partial charge in [-0.3, -0.25) is 15.0 Å². The summed E-state index contributed by atoms with van der Waals surface area (Å²) in [4.78, 5) is 48.8. The number of ketones is 1. The van der Waals surface area contributed by atoms with Crippen molar-refractivity contribution in [1.82, 2.24) is 5.32 Å². The molecule has 10 heteroatoms. The van der Waals surface area contributed by atoms with Crippen molar-refractivity contribution in [1.29, 1.82) is 5.41 Å². The maximum atomic E-state index is 13.0. The summed E-state index contributed by atoms with van der Waals surface area (Å²) in [7, 11) is 0. The van der Waals surface area contributed by atoms with Gasteiger partial charge in [0.1, 0.15) is 12.1 Å². The van der Waals surface area contributed by atoms with Crippen molar-refractivity contribution in [2.45, 2.75) is 36.9 Å². The highest BCUT2D eigenvalue weighted by Gasteiger charge is 2.51. The van der Waals surface area contributed by atoms with Crippen LogP contribution in [0.5, 0.6) is 0 Å². The molecule has 2 rings (SSSR count). The van der Waals surface area contributed by atoms with E-state index in [0.717, 1.165) is 5.56 Å². The molecule has 0 aliphatic carbocycles. The molecular weight excluding hydrogens is 426 g/mol. The van der Waals surface area contributed by atoms with Crippen molar-refractivity contribution in [2.24, 2.45) is 17.2 Å². The number of benzene rings is 2. The van der Waals surface area contributed by atoms with E-state index >= 15 is 0 Å². The lowest BCUT2D eigenvalue weighted by atomic mass is 9.72. The molecule has 0 saturated carbocycles. The van der Waals surface area contributed by atoms with Crippen molar-refractivity contribution in [3.63, 3.8) is 0 Å². The van der Waals surface area contributed by atoms with Crippen LogP contribution in [0, 0.1) is 5.41 Å². The number of aldehydes is 1. The highest BCUT2D eigenvalue weighted by molar-refractivity contribution is 6.12. The second kappa shape index (κ2) is 11.1. The number of carbonyl (C=O) groups is 4. The molecular formula is C23H27N5O5. The number of carboxylic acid groups (broad SMARTS) is 1. The van der Waals surface area contributed by atoms with Crippen molar-refractivity contribution in [3.8, 4) is 0 Å². The first-order valence-electron chi connectivity index (χ1n) is 10.1. The van der Waals surface area contributed by atoms with Gasteiger partial charge in [-0.15, -0.1) is 0 Å². The summed E-state index contributed by atoms with van der Waals surface area (Å²) >= 11 is 0.